The van der Waals surface area contributed by atoms with Crippen molar-refractivity contribution >= 4 is 34.6 Å². The Morgan fingerprint density at radius 3 is 2.71 bits per heavy atom. The first-order valence-corrected chi connectivity index (χ1v) is 10.3. The topological polar surface area (TPSA) is 28.9 Å². The van der Waals surface area contributed by atoms with Crippen molar-refractivity contribution in [3.63, 3.8) is 0 Å². The van der Waals surface area contributed by atoms with E-state index in [1.807, 2.05) is 36.1 Å². The maximum Gasteiger partial charge on any atom is 0.173 e. The largest absolute Gasteiger partial charge is 0.370 e. The van der Waals surface area contributed by atoms with Crippen molar-refractivity contribution in [2.45, 2.75) is 13.5 Å². The molecule has 1 aliphatic rings. The van der Waals surface area contributed by atoms with Crippen LogP contribution < -0.4 is 10.2 Å². The maximum atomic E-state index is 14.2. The summed E-state index contributed by atoms with van der Waals surface area (Å²) in [6, 6.07) is 12.6. The van der Waals surface area contributed by atoms with Crippen molar-refractivity contribution in [3.05, 3.63) is 64.4 Å². The second kappa shape index (κ2) is 10.2. The van der Waals surface area contributed by atoms with E-state index in [1.54, 1.807) is 12.1 Å². The van der Waals surface area contributed by atoms with E-state index in [0.717, 1.165) is 50.6 Å². The summed E-state index contributed by atoms with van der Waals surface area (Å²) in [7, 11) is 0. The van der Waals surface area contributed by atoms with Crippen molar-refractivity contribution in [2.24, 2.45) is 0 Å². The SMILES string of the molecule is Cc1ccc(NC(=S)N(CC[NH+]2CCOCC2)Cc2ccccc2F)cc1Cl. The number of hydrogen-bond acceptors (Lipinski definition) is 2. The summed E-state index contributed by atoms with van der Waals surface area (Å²) >= 11 is 11.9. The number of thiocarbonyl (C=S) groups is 1. The van der Waals surface area contributed by atoms with Crippen LogP contribution in [-0.4, -0.2) is 49.4 Å². The van der Waals surface area contributed by atoms with Crippen molar-refractivity contribution in [1.29, 1.82) is 0 Å². The summed E-state index contributed by atoms with van der Waals surface area (Å²) in [6.07, 6.45) is 0. The van der Waals surface area contributed by atoms with Gasteiger partial charge in [0.15, 0.2) is 5.11 Å². The third-order valence-corrected chi connectivity index (χ3v) is 5.73. The maximum absolute atomic E-state index is 14.2. The Hall–Kier alpha value is -1.73. The smallest absolute Gasteiger partial charge is 0.173 e. The number of nitrogens with one attached hydrogen (secondary N) is 2. The Labute approximate surface area is 176 Å². The molecule has 0 amide bonds. The average Bonchev–Trinajstić information content (AvgIpc) is 2.70. The van der Waals surface area contributed by atoms with Crippen molar-refractivity contribution in [3.8, 4) is 0 Å². The van der Waals surface area contributed by atoms with Crippen molar-refractivity contribution in [1.82, 2.24) is 4.90 Å². The molecule has 0 spiro atoms. The molecule has 1 fully saturated rings. The predicted octanol–water partition coefficient (Wildman–Crippen LogP) is 2.90. The quantitative estimate of drug-likeness (QED) is 0.700. The molecule has 3 rings (SSSR count). The Kier molecular flexibility index (Phi) is 7.62. The Balaban J connectivity index is 1.70. The predicted molar refractivity (Wildman–Crippen MR) is 116 cm³/mol. The molecule has 2 aromatic rings. The number of rotatable bonds is 6. The molecule has 4 nitrogen and oxygen atoms in total. The van der Waals surface area contributed by atoms with Gasteiger partial charge in [0.05, 0.1) is 26.3 Å². The number of hydrogen-bond donors (Lipinski definition) is 2. The minimum atomic E-state index is -0.215. The lowest BCUT2D eigenvalue weighted by atomic mass is 10.2. The van der Waals surface area contributed by atoms with E-state index in [4.69, 9.17) is 28.6 Å². The number of ether oxygens (including phenoxy) is 1. The number of halogens is 2. The molecule has 0 aliphatic carbocycles. The fraction of sp³-hybridized carbons (Fsp3) is 0.381. The number of morpholine rings is 1. The first-order valence-electron chi connectivity index (χ1n) is 9.50. The van der Waals surface area contributed by atoms with Gasteiger partial charge in [0, 0.05) is 22.8 Å². The standard InChI is InChI=1S/C21H25ClFN3OS/c1-16-6-7-18(14-19(16)22)24-21(28)26(9-8-25-10-12-27-13-11-25)15-17-4-2-3-5-20(17)23/h2-7,14H,8-13,15H2,1H3,(H,24,28)/p+1. The second-order valence-corrected chi connectivity index (χ2v) is 7.81. The number of benzene rings is 2. The number of quaternary nitrogens is 1. The van der Waals surface area contributed by atoms with Gasteiger partial charge in [-0.3, -0.25) is 0 Å². The molecule has 0 radical (unpaired) electrons. The highest BCUT2D eigenvalue weighted by Crippen LogP contribution is 2.20. The van der Waals surface area contributed by atoms with Gasteiger partial charge in [0.1, 0.15) is 18.9 Å². The number of aryl methyl sites for hydroxylation is 1. The van der Waals surface area contributed by atoms with E-state index in [-0.39, 0.29) is 5.82 Å². The van der Waals surface area contributed by atoms with Crippen molar-refractivity contribution in [2.75, 3.05) is 44.7 Å². The zero-order chi connectivity index (χ0) is 19.9. The van der Waals surface area contributed by atoms with Gasteiger partial charge in [0.25, 0.3) is 0 Å². The Morgan fingerprint density at radius 1 is 1.25 bits per heavy atom. The van der Waals surface area contributed by atoms with Crippen LogP contribution in [0.4, 0.5) is 10.1 Å². The van der Waals surface area contributed by atoms with E-state index in [1.165, 1.54) is 11.0 Å². The molecule has 150 valence electrons. The molecule has 0 saturated carbocycles. The molecule has 0 aromatic heterocycles. The molecule has 1 heterocycles. The lowest BCUT2D eigenvalue weighted by Gasteiger charge is -2.30. The van der Waals surface area contributed by atoms with Gasteiger partial charge in [-0.25, -0.2) is 4.39 Å². The van der Waals surface area contributed by atoms with Gasteiger partial charge >= 0.3 is 0 Å². The third-order valence-electron chi connectivity index (χ3n) is 4.96. The van der Waals surface area contributed by atoms with Crippen LogP contribution in [0.3, 0.4) is 0 Å². The summed E-state index contributed by atoms with van der Waals surface area (Å²) in [4.78, 5) is 3.50. The van der Waals surface area contributed by atoms with E-state index in [2.05, 4.69) is 5.32 Å². The summed E-state index contributed by atoms with van der Waals surface area (Å²) < 4.78 is 19.6. The fourth-order valence-electron chi connectivity index (χ4n) is 3.16. The molecular formula is C21H26ClFN3OS+. The molecule has 28 heavy (non-hydrogen) atoms. The van der Waals surface area contributed by atoms with Crippen molar-refractivity contribution < 1.29 is 14.0 Å². The molecule has 0 atom stereocenters. The second-order valence-electron chi connectivity index (χ2n) is 7.02. The average molecular weight is 423 g/mol. The van der Waals surface area contributed by atoms with E-state index < -0.39 is 0 Å². The molecule has 2 aromatic carbocycles. The lowest BCUT2D eigenvalue weighted by Crippen LogP contribution is -3.14. The van der Waals surface area contributed by atoms with Crippen LogP contribution in [0.5, 0.6) is 0 Å². The van der Waals surface area contributed by atoms with Crippen LogP contribution in [0.15, 0.2) is 42.5 Å². The summed E-state index contributed by atoms with van der Waals surface area (Å²) in [5, 5.41) is 4.51. The number of anilines is 1. The van der Waals surface area contributed by atoms with E-state index in [0.29, 0.717) is 22.2 Å². The van der Waals surface area contributed by atoms with E-state index in [9.17, 15) is 4.39 Å². The summed E-state index contributed by atoms with van der Waals surface area (Å²) in [6.45, 7) is 7.58. The first-order chi connectivity index (χ1) is 13.5. The Morgan fingerprint density at radius 2 is 2.00 bits per heavy atom. The zero-order valence-electron chi connectivity index (χ0n) is 16.0. The Bertz CT molecular complexity index is 814. The molecule has 7 heteroatoms. The van der Waals surface area contributed by atoms with Gasteiger partial charge < -0.3 is 19.9 Å². The van der Waals surface area contributed by atoms with Gasteiger partial charge in [-0.2, -0.15) is 0 Å². The first kappa shape index (κ1) is 21.0. The molecule has 2 N–H and O–H groups in total. The summed E-state index contributed by atoms with van der Waals surface area (Å²) in [5.41, 5.74) is 2.47. The molecule has 0 unspecified atom stereocenters. The number of nitrogens with zero attached hydrogens (tertiary/aromatic N) is 1. The van der Waals surface area contributed by atoms with Gasteiger partial charge in [-0.05, 0) is 42.9 Å². The van der Waals surface area contributed by atoms with Crippen LogP contribution in [0.1, 0.15) is 11.1 Å². The summed E-state index contributed by atoms with van der Waals surface area (Å²) in [5.74, 6) is -0.215. The van der Waals surface area contributed by atoms with Gasteiger partial charge in [-0.15, -0.1) is 0 Å². The third kappa shape index (κ3) is 5.88. The minimum Gasteiger partial charge on any atom is -0.370 e. The molecule has 1 saturated heterocycles. The van der Waals surface area contributed by atoms with Gasteiger partial charge in [-0.1, -0.05) is 35.9 Å². The minimum absolute atomic E-state index is 0.215. The van der Waals surface area contributed by atoms with E-state index >= 15 is 0 Å². The normalized spacial score (nSPS) is 14.7. The lowest BCUT2D eigenvalue weighted by molar-refractivity contribution is -0.907. The van der Waals surface area contributed by atoms with Crippen LogP contribution in [0.2, 0.25) is 5.02 Å². The zero-order valence-corrected chi connectivity index (χ0v) is 17.6. The molecule has 0 bridgehead atoms. The van der Waals surface area contributed by atoms with Crippen LogP contribution >= 0.6 is 23.8 Å². The molecule has 1 aliphatic heterocycles. The highest BCUT2D eigenvalue weighted by atomic mass is 35.5. The van der Waals surface area contributed by atoms with Crippen LogP contribution in [0.25, 0.3) is 0 Å². The van der Waals surface area contributed by atoms with Gasteiger partial charge in [0.2, 0.25) is 0 Å². The van der Waals surface area contributed by atoms with Crippen LogP contribution in [-0.2, 0) is 11.3 Å². The highest BCUT2D eigenvalue weighted by Gasteiger charge is 2.18. The van der Waals surface area contributed by atoms with Crippen LogP contribution in [0, 0.1) is 12.7 Å². The highest BCUT2D eigenvalue weighted by molar-refractivity contribution is 7.80. The monoisotopic (exact) mass is 422 g/mol. The molecular weight excluding hydrogens is 397 g/mol. The fourth-order valence-corrected chi connectivity index (χ4v) is 3.62.